The van der Waals surface area contributed by atoms with Gasteiger partial charge in [-0.25, -0.2) is 9.97 Å². The van der Waals surface area contributed by atoms with Crippen molar-refractivity contribution in [3.8, 4) is 17.1 Å². The van der Waals surface area contributed by atoms with Crippen LogP contribution in [0.5, 0.6) is 5.75 Å². The van der Waals surface area contributed by atoms with Gasteiger partial charge < -0.3 is 35.7 Å². The first-order valence-electron chi connectivity index (χ1n) is 12.2. The summed E-state index contributed by atoms with van der Waals surface area (Å²) in [7, 11) is 5.68. The van der Waals surface area contributed by atoms with E-state index in [9.17, 15) is 0 Å². The van der Waals surface area contributed by atoms with Gasteiger partial charge in [-0.3, -0.25) is 0 Å². The number of nitrogen functional groups attached to an aromatic ring is 1. The van der Waals surface area contributed by atoms with E-state index in [1.807, 2.05) is 38.4 Å². The number of para-hydroxylation sites is 1. The second-order valence-corrected chi connectivity index (χ2v) is 9.10. The van der Waals surface area contributed by atoms with E-state index in [1.165, 1.54) is 11.9 Å². The third-order valence-electron chi connectivity index (χ3n) is 6.28. The van der Waals surface area contributed by atoms with Crippen LogP contribution in [0.4, 0.5) is 23.0 Å². The summed E-state index contributed by atoms with van der Waals surface area (Å²) in [6, 6.07) is 11.9. The number of H-pyrrole nitrogens is 1. The number of rotatable bonds is 9. The van der Waals surface area contributed by atoms with Crippen LogP contribution in [0.2, 0.25) is 0 Å². The van der Waals surface area contributed by atoms with Crippen molar-refractivity contribution >= 4 is 39.5 Å². The van der Waals surface area contributed by atoms with Gasteiger partial charge in [0.2, 0.25) is 5.95 Å². The SMILES string of the molecule is COc1cc(NCCN(C)C)c(N)cc1Nc1ncnc(-c2c(C3=CCOCC3)[nH]c3ccccc23)n1. The highest BCUT2D eigenvalue weighted by Crippen LogP contribution is 2.37. The number of nitrogens with zero attached hydrogens (tertiary/aromatic N) is 4. The van der Waals surface area contributed by atoms with Gasteiger partial charge in [0.05, 0.1) is 48.6 Å². The standard InChI is InChI=1S/C27H32N8O2/c1-35(2)11-10-29-21-15-23(36-3)22(14-19(21)28)33-27-31-16-30-26(34-27)24-18-6-4-5-7-20(18)32-25(24)17-8-12-37-13-9-17/h4-8,14-16,29,32H,9-13,28H2,1-3H3,(H,30,31,33,34). The first kappa shape index (κ1) is 24.5. The van der Waals surface area contributed by atoms with Gasteiger partial charge in [0, 0.05) is 30.1 Å². The van der Waals surface area contributed by atoms with Gasteiger partial charge in [-0.15, -0.1) is 0 Å². The van der Waals surface area contributed by atoms with Crippen LogP contribution in [0.25, 0.3) is 27.9 Å². The Morgan fingerprint density at radius 3 is 2.81 bits per heavy atom. The third-order valence-corrected chi connectivity index (χ3v) is 6.28. The van der Waals surface area contributed by atoms with Gasteiger partial charge in [0.1, 0.15) is 12.1 Å². The zero-order valence-corrected chi connectivity index (χ0v) is 21.3. The lowest BCUT2D eigenvalue weighted by Crippen LogP contribution is -2.21. The zero-order chi connectivity index (χ0) is 25.8. The van der Waals surface area contributed by atoms with E-state index >= 15 is 0 Å². The van der Waals surface area contributed by atoms with E-state index in [-0.39, 0.29) is 0 Å². The molecule has 0 saturated carbocycles. The van der Waals surface area contributed by atoms with Crippen LogP contribution in [0.1, 0.15) is 12.1 Å². The van der Waals surface area contributed by atoms with E-state index < -0.39 is 0 Å². The molecule has 0 amide bonds. The third kappa shape index (κ3) is 5.35. The molecular weight excluding hydrogens is 468 g/mol. The summed E-state index contributed by atoms with van der Waals surface area (Å²) in [6.07, 6.45) is 4.45. The summed E-state index contributed by atoms with van der Waals surface area (Å²) in [5.74, 6) is 1.60. The van der Waals surface area contributed by atoms with E-state index in [2.05, 4.69) is 48.7 Å². The van der Waals surface area contributed by atoms with Crippen LogP contribution in [-0.2, 0) is 4.74 Å². The molecule has 5 N–H and O–H groups in total. The maximum atomic E-state index is 6.34. The number of ether oxygens (including phenoxy) is 2. The number of anilines is 4. The largest absolute Gasteiger partial charge is 0.494 e. The highest BCUT2D eigenvalue weighted by molar-refractivity contribution is 6.00. The maximum Gasteiger partial charge on any atom is 0.230 e. The number of benzene rings is 2. The lowest BCUT2D eigenvalue weighted by Gasteiger charge is -2.17. The maximum absolute atomic E-state index is 6.34. The molecule has 0 fully saturated rings. The number of hydrogen-bond acceptors (Lipinski definition) is 9. The molecule has 0 spiro atoms. The van der Waals surface area contributed by atoms with Crippen molar-refractivity contribution < 1.29 is 9.47 Å². The van der Waals surface area contributed by atoms with Crippen molar-refractivity contribution in [2.24, 2.45) is 0 Å². The van der Waals surface area contributed by atoms with Crippen molar-refractivity contribution in [3.05, 3.63) is 54.5 Å². The number of aromatic nitrogens is 4. The second kappa shape index (κ2) is 10.9. The fourth-order valence-corrected chi connectivity index (χ4v) is 4.40. The molecule has 3 heterocycles. The quantitative estimate of drug-likeness (QED) is 0.251. The van der Waals surface area contributed by atoms with Crippen LogP contribution in [0.3, 0.4) is 0 Å². The van der Waals surface area contributed by atoms with Gasteiger partial charge in [-0.1, -0.05) is 24.3 Å². The predicted molar refractivity (Wildman–Crippen MR) is 148 cm³/mol. The molecule has 0 aliphatic carbocycles. The lowest BCUT2D eigenvalue weighted by molar-refractivity contribution is 0.161. The van der Waals surface area contributed by atoms with E-state index in [1.54, 1.807) is 7.11 Å². The number of hydrogen-bond donors (Lipinski definition) is 4. The van der Waals surface area contributed by atoms with E-state index in [4.69, 9.17) is 20.2 Å². The predicted octanol–water partition coefficient (Wildman–Crippen LogP) is 4.13. The van der Waals surface area contributed by atoms with Crippen LogP contribution in [0.15, 0.2) is 48.8 Å². The molecule has 0 saturated heterocycles. The van der Waals surface area contributed by atoms with Crippen molar-refractivity contribution in [2.45, 2.75) is 6.42 Å². The number of nitrogens with two attached hydrogens (primary N) is 1. The topological polar surface area (TPSA) is 126 Å². The monoisotopic (exact) mass is 500 g/mol. The molecule has 0 unspecified atom stereocenters. The molecule has 10 heteroatoms. The van der Waals surface area contributed by atoms with Crippen molar-refractivity contribution in [1.29, 1.82) is 0 Å². The Morgan fingerprint density at radius 1 is 1.16 bits per heavy atom. The Bertz CT molecular complexity index is 1430. The summed E-state index contributed by atoms with van der Waals surface area (Å²) in [5, 5.41) is 7.68. The smallest absolute Gasteiger partial charge is 0.230 e. The number of likely N-dealkylation sites (N-methyl/N-ethyl adjacent to an activating group) is 1. The summed E-state index contributed by atoms with van der Waals surface area (Å²) in [4.78, 5) is 19.4. The highest BCUT2D eigenvalue weighted by atomic mass is 16.5. The molecule has 1 aliphatic rings. The number of methoxy groups -OCH3 is 1. The molecule has 0 atom stereocenters. The van der Waals surface area contributed by atoms with Crippen molar-refractivity contribution in [2.75, 3.05) is 63.9 Å². The minimum absolute atomic E-state index is 0.396. The van der Waals surface area contributed by atoms with Crippen molar-refractivity contribution in [3.63, 3.8) is 0 Å². The average molecular weight is 501 g/mol. The molecule has 4 aromatic rings. The zero-order valence-electron chi connectivity index (χ0n) is 21.3. The van der Waals surface area contributed by atoms with Crippen LogP contribution in [-0.4, -0.2) is 72.3 Å². The highest BCUT2D eigenvalue weighted by Gasteiger charge is 2.20. The normalized spacial score (nSPS) is 13.6. The van der Waals surface area contributed by atoms with Crippen molar-refractivity contribution in [1.82, 2.24) is 24.8 Å². The van der Waals surface area contributed by atoms with Crippen LogP contribution < -0.4 is 21.1 Å². The lowest BCUT2D eigenvalue weighted by atomic mass is 10.0. The summed E-state index contributed by atoms with van der Waals surface area (Å²) in [6.45, 7) is 2.93. The van der Waals surface area contributed by atoms with Gasteiger partial charge in [0.25, 0.3) is 0 Å². The van der Waals surface area contributed by atoms with Crippen LogP contribution >= 0.6 is 0 Å². The van der Waals surface area contributed by atoms with E-state index in [0.29, 0.717) is 42.1 Å². The fraction of sp³-hybridized carbons (Fsp3) is 0.296. The number of nitrogens with one attached hydrogen (secondary N) is 3. The number of aromatic amines is 1. The number of fused-ring (bicyclic) bond motifs is 1. The van der Waals surface area contributed by atoms with Gasteiger partial charge in [-0.05, 0) is 38.2 Å². The van der Waals surface area contributed by atoms with Gasteiger partial charge in [0.15, 0.2) is 5.82 Å². The first-order valence-corrected chi connectivity index (χ1v) is 12.2. The molecule has 2 aromatic heterocycles. The summed E-state index contributed by atoms with van der Waals surface area (Å²) in [5.41, 5.74) is 12.6. The minimum atomic E-state index is 0.396. The summed E-state index contributed by atoms with van der Waals surface area (Å²) >= 11 is 0. The Hall–Kier alpha value is -4.15. The molecular formula is C27H32N8O2. The van der Waals surface area contributed by atoms with Gasteiger partial charge in [-0.2, -0.15) is 4.98 Å². The minimum Gasteiger partial charge on any atom is -0.494 e. The second-order valence-electron chi connectivity index (χ2n) is 9.10. The average Bonchev–Trinajstić information content (AvgIpc) is 3.30. The molecule has 5 rings (SSSR count). The Labute approximate surface area is 215 Å². The first-order chi connectivity index (χ1) is 18.0. The van der Waals surface area contributed by atoms with E-state index in [0.717, 1.165) is 47.4 Å². The summed E-state index contributed by atoms with van der Waals surface area (Å²) < 4.78 is 11.2. The van der Waals surface area contributed by atoms with Crippen LogP contribution in [0, 0.1) is 0 Å². The molecule has 0 radical (unpaired) electrons. The molecule has 0 bridgehead atoms. The molecule has 37 heavy (non-hydrogen) atoms. The van der Waals surface area contributed by atoms with Gasteiger partial charge >= 0.3 is 0 Å². The Kier molecular flexibility index (Phi) is 7.20. The molecule has 192 valence electrons. The fourth-order valence-electron chi connectivity index (χ4n) is 4.40. The Morgan fingerprint density at radius 2 is 2.03 bits per heavy atom. The Balaban J connectivity index is 1.48. The molecule has 2 aromatic carbocycles. The molecule has 1 aliphatic heterocycles. The molecule has 10 nitrogen and oxygen atoms in total.